The van der Waals surface area contributed by atoms with Gasteiger partial charge in [-0.25, -0.2) is 4.98 Å². The molecular weight excluding hydrogens is 210 g/mol. The number of pyridine rings is 1. The molecular formula is C11H12ClN3. The van der Waals surface area contributed by atoms with Crippen LogP contribution in [0.15, 0.2) is 12.3 Å². The molecule has 1 fully saturated rings. The minimum absolute atomic E-state index is 0.442. The Balaban J connectivity index is 2.22. The number of anilines is 1. The Kier molecular flexibility index (Phi) is 3.08. The number of hydrogen-bond donors (Lipinski definition) is 0. The van der Waals surface area contributed by atoms with Crippen molar-refractivity contribution in [3.8, 4) is 6.07 Å². The molecule has 0 bridgehead atoms. The van der Waals surface area contributed by atoms with Gasteiger partial charge in [0.25, 0.3) is 0 Å². The first-order valence-corrected chi connectivity index (χ1v) is 5.49. The summed E-state index contributed by atoms with van der Waals surface area (Å²) >= 11 is 5.96. The van der Waals surface area contributed by atoms with Gasteiger partial charge in [-0.2, -0.15) is 5.26 Å². The molecule has 0 atom stereocenters. The van der Waals surface area contributed by atoms with Crippen molar-refractivity contribution in [1.82, 2.24) is 4.98 Å². The zero-order valence-corrected chi connectivity index (χ0v) is 9.17. The van der Waals surface area contributed by atoms with Crippen LogP contribution in [0, 0.1) is 11.3 Å². The van der Waals surface area contributed by atoms with Crippen molar-refractivity contribution in [1.29, 1.82) is 5.26 Å². The number of rotatable bonds is 1. The predicted molar refractivity (Wildman–Crippen MR) is 60.0 cm³/mol. The highest BCUT2D eigenvalue weighted by atomic mass is 35.5. The molecule has 0 aromatic carbocycles. The van der Waals surface area contributed by atoms with Gasteiger partial charge in [0.1, 0.15) is 11.9 Å². The molecule has 1 aromatic rings. The summed E-state index contributed by atoms with van der Waals surface area (Å²) < 4.78 is 0. The monoisotopic (exact) mass is 221 g/mol. The van der Waals surface area contributed by atoms with Gasteiger partial charge in [-0.1, -0.05) is 11.6 Å². The Morgan fingerprint density at radius 2 is 2.07 bits per heavy atom. The molecule has 3 nitrogen and oxygen atoms in total. The molecule has 15 heavy (non-hydrogen) atoms. The Bertz CT molecular complexity index is 391. The molecule has 0 saturated carbocycles. The van der Waals surface area contributed by atoms with Crippen molar-refractivity contribution in [2.24, 2.45) is 0 Å². The number of piperidine rings is 1. The first kappa shape index (κ1) is 10.3. The summed E-state index contributed by atoms with van der Waals surface area (Å²) in [5.41, 5.74) is 0.442. The lowest BCUT2D eigenvalue weighted by Crippen LogP contribution is -2.30. The van der Waals surface area contributed by atoms with Crippen LogP contribution < -0.4 is 4.90 Å². The van der Waals surface area contributed by atoms with Gasteiger partial charge < -0.3 is 4.90 Å². The summed E-state index contributed by atoms with van der Waals surface area (Å²) in [4.78, 5) is 6.47. The lowest BCUT2D eigenvalue weighted by atomic mass is 10.1. The molecule has 0 aliphatic carbocycles. The fraction of sp³-hybridized carbons (Fsp3) is 0.455. The van der Waals surface area contributed by atoms with E-state index in [9.17, 15) is 0 Å². The molecule has 1 saturated heterocycles. The van der Waals surface area contributed by atoms with Crippen LogP contribution in [0.5, 0.6) is 0 Å². The summed E-state index contributed by atoms with van der Waals surface area (Å²) in [7, 11) is 0. The van der Waals surface area contributed by atoms with Gasteiger partial charge in [-0.15, -0.1) is 0 Å². The Hall–Kier alpha value is -1.27. The summed E-state index contributed by atoms with van der Waals surface area (Å²) in [5.74, 6) is 0.888. The third kappa shape index (κ3) is 2.21. The summed E-state index contributed by atoms with van der Waals surface area (Å²) in [6, 6.07) is 3.80. The summed E-state index contributed by atoms with van der Waals surface area (Å²) in [5, 5.41) is 9.23. The van der Waals surface area contributed by atoms with E-state index in [-0.39, 0.29) is 0 Å². The van der Waals surface area contributed by atoms with Crippen LogP contribution in [0.2, 0.25) is 5.02 Å². The molecule has 0 unspecified atom stereocenters. The third-order valence-corrected chi connectivity index (χ3v) is 2.95. The molecule has 2 rings (SSSR count). The number of nitriles is 1. The van der Waals surface area contributed by atoms with E-state index in [4.69, 9.17) is 16.9 Å². The number of halogens is 1. The van der Waals surface area contributed by atoms with E-state index in [0.717, 1.165) is 18.9 Å². The maximum atomic E-state index is 8.73. The number of nitrogens with zero attached hydrogens (tertiary/aromatic N) is 3. The van der Waals surface area contributed by atoms with Crippen LogP contribution in [-0.4, -0.2) is 18.1 Å². The lowest BCUT2D eigenvalue weighted by molar-refractivity contribution is 0.573. The van der Waals surface area contributed by atoms with E-state index >= 15 is 0 Å². The average molecular weight is 222 g/mol. The van der Waals surface area contributed by atoms with Gasteiger partial charge >= 0.3 is 0 Å². The van der Waals surface area contributed by atoms with Gasteiger partial charge in [-0.05, 0) is 19.3 Å². The van der Waals surface area contributed by atoms with Crippen molar-refractivity contribution in [3.05, 3.63) is 22.8 Å². The molecule has 0 amide bonds. The quantitative estimate of drug-likeness (QED) is 0.732. The van der Waals surface area contributed by atoms with Crippen LogP contribution in [0.1, 0.15) is 24.8 Å². The standard InChI is InChI=1S/C11H12ClN3/c12-10-6-11(14-8-9(10)7-13)15-4-2-1-3-5-15/h6,8H,1-5H2. The molecule has 78 valence electrons. The first-order valence-electron chi connectivity index (χ1n) is 5.12. The van der Waals surface area contributed by atoms with E-state index in [1.165, 1.54) is 19.3 Å². The summed E-state index contributed by atoms with van der Waals surface area (Å²) in [6.07, 6.45) is 5.26. The topological polar surface area (TPSA) is 39.9 Å². The fourth-order valence-electron chi connectivity index (χ4n) is 1.80. The zero-order valence-electron chi connectivity index (χ0n) is 8.41. The zero-order chi connectivity index (χ0) is 10.7. The molecule has 0 N–H and O–H groups in total. The van der Waals surface area contributed by atoms with Crippen LogP contribution >= 0.6 is 11.6 Å². The molecule has 2 heterocycles. The van der Waals surface area contributed by atoms with E-state index in [1.54, 1.807) is 12.3 Å². The predicted octanol–water partition coefficient (Wildman–Crippen LogP) is 2.60. The van der Waals surface area contributed by atoms with E-state index in [0.29, 0.717) is 10.6 Å². The SMILES string of the molecule is N#Cc1cnc(N2CCCCC2)cc1Cl. The van der Waals surface area contributed by atoms with Crippen LogP contribution in [0.25, 0.3) is 0 Å². The van der Waals surface area contributed by atoms with Crippen molar-refractivity contribution < 1.29 is 0 Å². The highest BCUT2D eigenvalue weighted by Gasteiger charge is 2.13. The van der Waals surface area contributed by atoms with Crippen molar-refractivity contribution in [2.75, 3.05) is 18.0 Å². The van der Waals surface area contributed by atoms with Gasteiger partial charge in [0.2, 0.25) is 0 Å². The second kappa shape index (κ2) is 4.50. The lowest BCUT2D eigenvalue weighted by Gasteiger charge is -2.27. The smallest absolute Gasteiger partial charge is 0.130 e. The van der Waals surface area contributed by atoms with Crippen LogP contribution in [0.3, 0.4) is 0 Å². The van der Waals surface area contributed by atoms with Gasteiger partial charge in [0.15, 0.2) is 0 Å². The largest absolute Gasteiger partial charge is 0.357 e. The average Bonchev–Trinajstić information content (AvgIpc) is 2.30. The normalized spacial score (nSPS) is 16.1. The summed E-state index contributed by atoms with van der Waals surface area (Å²) in [6.45, 7) is 2.07. The second-order valence-electron chi connectivity index (χ2n) is 3.68. The molecule has 0 spiro atoms. The Labute approximate surface area is 94.3 Å². The number of aromatic nitrogens is 1. The van der Waals surface area contributed by atoms with Crippen LogP contribution in [0.4, 0.5) is 5.82 Å². The maximum Gasteiger partial charge on any atom is 0.130 e. The molecule has 0 radical (unpaired) electrons. The molecule has 1 aliphatic rings. The van der Waals surface area contributed by atoms with Crippen LogP contribution in [-0.2, 0) is 0 Å². The van der Waals surface area contributed by atoms with E-state index in [2.05, 4.69) is 9.88 Å². The van der Waals surface area contributed by atoms with Gasteiger partial charge in [0.05, 0.1) is 10.6 Å². The highest BCUT2D eigenvalue weighted by molar-refractivity contribution is 6.31. The van der Waals surface area contributed by atoms with Crippen molar-refractivity contribution in [3.63, 3.8) is 0 Å². The molecule has 4 heteroatoms. The van der Waals surface area contributed by atoms with Gasteiger partial charge in [0, 0.05) is 25.4 Å². The minimum atomic E-state index is 0.442. The Morgan fingerprint density at radius 1 is 1.33 bits per heavy atom. The van der Waals surface area contributed by atoms with Gasteiger partial charge in [-0.3, -0.25) is 0 Å². The van der Waals surface area contributed by atoms with Crippen molar-refractivity contribution in [2.45, 2.75) is 19.3 Å². The fourth-order valence-corrected chi connectivity index (χ4v) is 1.99. The van der Waals surface area contributed by atoms with E-state index in [1.807, 2.05) is 6.07 Å². The molecule has 1 aromatic heterocycles. The molecule has 1 aliphatic heterocycles. The minimum Gasteiger partial charge on any atom is -0.357 e. The van der Waals surface area contributed by atoms with E-state index < -0.39 is 0 Å². The maximum absolute atomic E-state index is 8.73. The third-order valence-electron chi connectivity index (χ3n) is 2.64. The first-order chi connectivity index (χ1) is 7.31. The highest BCUT2D eigenvalue weighted by Crippen LogP contribution is 2.22. The second-order valence-corrected chi connectivity index (χ2v) is 4.09. The Morgan fingerprint density at radius 3 is 2.67 bits per heavy atom. The number of hydrogen-bond acceptors (Lipinski definition) is 3. The van der Waals surface area contributed by atoms with Crippen molar-refractivity contribution >= 4 is 17.4 Å².